The van der Waals surface area contributed by atoms with Gasteiger partial charge in [-0.3, -0.25) is 0 Å². The third kappa shape index (κ3) is 2.30. The normalized spacial score (nSPS) is 18.2. The van der Waals surface area contributed by atoms with Gasteiger partial charge in [0.25, 0.3) is 0 Å². The van der Waals surface area contributed by atoms with Gasteiger partial charge < -0.3 is 5.11 Å². The molecular weight excluding hydrogens is 196 g/mol. The van der Waals surface area contributed by atoms with Crippen molar-refractivity contribution in [2.45, 2.75) is 46.0 Å². The Bertz CT molecular complexity index is 364. The Morgan fingerprint density at radius 3 is 2.69 bits per heavy atom. The monoisotopic (exact) mass is 218 g/mol. The molecule has 1 atom stereocenters. The second-order valence-electron chi connectivity index (χ2n) is 5.46. The summed E-state index contributed by atoms with van der Waals surface area (Å²) in [6.45, 7) is 4.60. The van der Waals surface area contributed by atoms with E-state index >= 15 is 0 Å². The number of aliphatic hydroxyl groups is 1. The summed E-state index contributed by atoms with van der Waals surface area (Å²) in [6.07, 6.45) is 5.82. The number of hydrogen-bond acceptors (Lipinski definition) is 1. The summed E-state index contributed by atoms with van der Waals surface area (Å²) in [4.78, 5) is 0. The van der Waals surface area contributed by atoms with Crippen LogP contribution in [0.15, 0.2) is 18.2 Å². The molecule has 1 nitrogen and oxygen atoms in total. The Morgan fingerprint density at radius 2 is 2.00 bits per heavy atom. The highest BCUT2D eigenvalue weighted by Crippen LogP contribution is 2.29. The SMILES string of the molecule is CCC(C)(CO)Cc1ccc2c(c1)CCC2. The first-order valence-electron chi connectivity index (χ1n) is 6.38. The fraction of sp³-hybridized carbons (Fsp3) is 0.600. The molecule has 0 spiro atoms. The largest absolute Gasteiger partial charge is 0.396 e. The molecule has 0 amide bonds. The lowest BCUT2D eigenvalue weighted by atomic mass is 9.81. The molecule has 1 unspecified atom stereocenters. The Labute approximate surface area is 98.5 Å². The van der Waals surface area contributed by atoms with Crippen molar-refractivity contribution >= 4 is 0 Å². The van der Waals surface area contributed by atoms with Crippen LogP contribution >= 0.6 is 0 Å². The lowest BCUT2D eigenvalue weighted by Crippen LogP contribution is -2.23. The van der Waals surface area contributed by atoms with E-state index in [1.807, 2.05) is 0 Å². The first-order valence-corrected chi connectivity index (χ1v) is 6.38. The lowest BCUT2D eigenvalue weighted by molar-refractivity contribution is 0.137. The number of aliphatic hydroxyl groups excluding tert-OH is 1. The van der Waals surface area contributed by atoms with Gasteiger partial charge in [-0.2, -0.15) is 0 Å². The van der Waals surface area contributed by atoms with Crippen LogP contribution in [0.1, 0.15) is 43.4 Å². The minimum absolute atomic E-state index is 0.0485. The molecule has 0 saturated heterocycles. The van der Waals surface area contributed by atoms with Crippen molar-refractivity contribution in [1.82, 2.24) is 0 Å². The van der Waals surface area contributed by atoms with Gasteiger partial charge in [0.1, 0.15) is 0 Å². The molecule has 0 radical (unpaired) electrons. The number of hydrogen-bond donors (Lipinski definition) is 1. The van der Waals surface area contributed by atoms with E-state index in [9.17, 15) is 5.11 Å². The first kappa shape index (κ1) is 11.7. The second-order valence-corrected chi connectivity index (χ2v) is 5.46. The molecule has 16 heavy (non-hydrogen) atoms. The van der Waals surface area contributed by atoms with E-state index in [0.717, 1.165) is 12.8 Å². The highest BCUT2D eigenvalue weighted by molar-refractivity contribution is 5.35. The molecule has 0 fully saturated rings. The molecule has 1 heteroatoms. The van der Waals surface area contributed by atoms with Gasteiger partial charge in [-0.05, 0) is 54.2 Å². The van der Waals surface area contributed by atoms with Crippen molar-refractivity contribution in [3.8, 4) is 0 Å². The van der Waals surface area contributed by atoms with E-state index in [-0.39, 0.29) is 12.0 Å². The molecular formula is C15H22O. The molecule has 1 aromatic carbocycles. The van der Waals surface area contributed by atoms with Crippen LogP contribution < -0.4 is 0 Å². The predicted molar refractivity (Wildman–Crippen MR) is 67.7 cm³/mol. The standard InChI is InChI=1S/C15H22O/c1-3-15(2,11-16)10-12-7-8-13-5-4-6-14(13)9-12/h7-9,16H,3-6,10-11H2,1-2H3. The molecule has 1 N–H and O–H groups in total. The van der Waals surface area contributed by atoms with Gasteiger partial charge in [0.05, 0.1) is 0 Å². The molecule has 1 aliphatic carbocycles. The number of fused-ring (bicyclic) bond motifs is 1. The molecule has 0 aliphatic heterocycles. The topological polar surface area (TPSA) is 20.2 Å². The van der Waals surface area contributed by atoms with E-state index in [1.165, 1.54) is 36.0 Å². The van der Waals surface area contributed by atoms with Gasteiger partial charge in [-0.15, -0.1) is 0 Å². The minimum atomic E-state index is 0.0485. The minimum Gasteiger partial charge on any atom is -0.396 e. The summed E-state index contributed by atoms with van der Waals surface area (Å²) in [5, 5.41) is 9.44. The van der Waals surface area contributed by atoms with E-state index < -0.39 is 0 Å². The number of rotatable bonds is 4. The summed E-state index contributed by atoms with van der Waals surface area (Å²) in [5.41, 5.74) is 4.51. The summed E-state index contributed by atoms with van der Waals surface area (Å²) in [6, 6.07) is 6.88. The van der Waals surface area contributed by atoms with Gasteiger partial charge in [0.2, 0.25) is 0 Å². The molecule has 1 aromatic rings. The van der Waals surface area contributed by atoms with Crippen molar-refractivity contribution in [3.05, 3.63) is 34.9 Å². The molecule has 88 valence electrons. The predicted octanol–water partition coefficient (Wildman–Crippen LogP) is 3.13. The Balaban J connectivity index is 2.16. The van der Waals surface area contributed by atoms with Gasteiger partial charge in [-0.25, -0.2) is 0 Å². The zero-order valence-corrected chi connectivity index (χ0v) is 10.4. The van der Waals surface area contributed by atoms with Crippen LogP contribution in [0.5, 0.6) is 0 Å². The van der Waals surface area contributed by atoms with Crippen LogP contribution in [-0.4, -0.2) is 11.7 Å². The maximum atomic E-state index is 9.44. The fourth-order valence-electron chi connectivity index (χ4n) is 2.52. The van der Waals surface area contributed by atoms with Crippen LogP contribution in [0.3, 0.4) is 0 Å². The first-order chi connectivity index (χ1) is 7.67. The zero-order valence-electron chi connectivity index (χ0n) is 10.4. The maximum absolute atomic E-state index is 9.44. The van der Waals surface area contributed by atoms with Crippen molar-refractivity contribution in [3.63, 3.8) is 0 Å². The fourth-order valence-corrected chi connectivity index (χ4v) is 2.52. The molecule has 0 aromatic heterocycles. The lowest BCUT2D eigenvalue weighted by Gasteiger charge is -2.25. The second kappa shape index (κ2) is 4.58. The van der Waals surface area contributed by atoms with Crippen molar-refractivity contribution in [2.24, 2.45) is 5.41 Å². The van der Waals surface area contributed by atoms with Gasteiger partial charge >= 0.3 is 0 Å². The Kier molecular flexibility index (Phi) is 3.34. The molecule has 0 bridgehead atoms. The van der Waals surface area contributed by atoms with Gasteiger partial charge in [0.15, 0.2) is 0 Å². The Morgan fingerprint density at radius 1 is 1.25 bits per heavy atom. The quantitative estimate of drug-likeness (QED) is 0.823. The Hall–Kier alpha value is -0.820. The molecule has 0 heterocycles. The average Bonchev–Trinajstić information content (AvgIpc) is 2.76. The molecule has 2 rings (SSSR count). The van der Waals surface area contributed by atoms with E-state index in [4.69, 9.17) is 0 Å². The van der Waals surface area contributed by atoms with Crippen LogP contribution in [0.2, 0.25) is 0 Å². The van der Waals surface area contributed by atoms with E-state index in [1.54, 1.807) is 0 Å². The third-order valence-corrected chi connectivity index (χ3v) is 4.03. The highest BCUT2D eigenvalue weighted by atomic mass is 16.3. The number of benzene rings is 1. The maximum Gasteiger partial charge on any atom is 0.0487 e. The third-order valence-electron chi connectivity index (χ3n) is 4.03. The summed E-state index contributed by atoms with van der Waals surface area (Å²) in [7, 11) is 0. The van der Waals surface area contributed by atoms with E-state index in [2.05, 4.69) is 32.0 Å². The zero-order chi connectivity index (χ0) is 11.6. The van der Waals surface area contributed by atoms with Crippen LogP contribution in [0.4, 0.5) is 0 Å². The van der Waals surface area contributed by atoms with E-state index in [0.29, 0.717) is 0 Å². The summed E-state index contributed by atoms with van der Waals surface area (Å²) < 4.78 is 0. The van der Waals surface area contributed by atoms with Crippen LogP contribution in [0, 0.1) is 5.41 Å². The molecule has 1 aliphatic rings. The average molecular weight is 218 g/mol. The van der Waals surface area contributed by atoms with Crippen molar-refractivity contribution in [2.75, 3.05) is 6.61 Å². The van der Waals surface area contributed by atoms with Gasteiger partial charge in [-0.1, -0.05) is 32.0 Å². The molecule has 0 saturated carbocycles. The smallest absolute Gasteiger partial charge is 0.0487 e. The van der Waals surface area contributed by atoms with Crippen molar-refractivity contribution in [1.29, 1.82) is 0 Å². The highest BCUT2D eigenvalue weighted by Gasteiger charge is 2.22. The van der Waals surface area contributed by atoms with Gasteiger partial charge in [0, 0.05) is 6.61 Å². The summed E-state index contributed by atoms with van der Waals surface area (Å²) >= 11 is 0. The summed E-state index contributed by atoms with van der Waals surface area (Å²) in [5.74, 6) is 0. The number of aryl methyl sites for hydroxylation is 2. The van der Waals surface area contributed by atoms with Crippen LogP contribution in [0.25, 0.3) is 0 Å². The van der Waals surface area contributed by atoms with Crippen LogP contribution in [-0.2, 0) is 19.3 Å². The van der Waals surface area contributed by atoms with Crippen molar-refractivity contribution < 1.29 is 5.11 Å².